The highest BCUT2D eigenvalue weighted by molar-refractivity contribution is 7.92. The van der Waals surface area contributed by atoms with E-state index in [1.54, 1.807) is 18.2 Å². The molecular formula is C10H9ClN4O2S. The highest BCUT2D eigenvalue weighted by atomic mass is 35.5. The van der Waals surface area contributed by atoms with Gasteiger partial charge >= 0.3 is 0 Å². The molecule has 1 heterocycles. The van der Waals surface area contributed by atoms with E-state index in [4.69, 9.17) is 17.3 Å². The van der Waals surface area contributed by atoms with Crippen molar-refractivity contribution >= 4 is 33.3 Å². The van der Waals surface area contributed by atoms with Gasteiger partial charge in [-0.3, -0.25) is 4.72 Å². The summed E-state index contributed by atoms with van der Waals surface area (Å²) in [6.07, 6.45) is 1.24. The molecule has 2 aromatic rings. The Bertz CT molecular complexity index is 661. The summed E-state index contributed by atoms with van der Waals surface area (Å²) in [5.41, 5.74) is 5.42. The average Bonchev–Trinajstić information content (AvgIpc) is 2.35. The highest BCUT2D eigenvalue weighted by Gasteiger charge is 2.16. The molecule has 0 aliphatic rings. The molecule has 1 aromatic heterocycles. The standard InChI is InChI=1S/C10H9ClN4O2S/c11-9-10(14-8(12)6-13-9)15-18(16,17)7-4-2-1-3-5-7/h1-6H,(H3,12,14,15). The van der Waals surface area contributed by atoms with Gasteiger partial charge in [0, 0.05) is 0 Å². The van der Waals surface area contributed by atoms with Gasteiger partial charge < -0.3 is 5.73 Å². The smallest absolute Gasteiger partial charge is 0.263 e. The second kappa shape index (κ2) is 4.79. The van der Waals surface area contributed by atoms with Crippen LogP contribution in [0.25, 0.3) is 0 Å². The Morgan fingerprint density at radius 3 is 2.56 bits per heavy atom. The lowest BCUT2D eigenvalue weighted by Gasteiger charge is -2.08. The Morgan fingerprint density at radius 2 is 1.89 bits per heavy atom. The molecule has 0 bridgehead atoms. The van der Waals surface area contributed by atoms with E-state index in [-0.39, 0.29) is 21.7 Å². The molecule has 0 unspecified atom stereocenters. The number of hydrogen-bond donors (Lipinski definition) is 2. The van der Waals surface area contributed by atoms with Crippen LogP contribution < -0.4 is 10.5 Å². The third-order valence-corrected chi connectivity index (χ3v) is 3.66. The topological polar surface area (TPSA) is 98.0 Å². The van der Waals surface area contributed by atoms with Crippen LogP contribution in [0.1, 0.15) is 0 Å². The van der Waals surface area contributed by atoms with Crippen LogP contribution in [0.4, 0.5) is 11.6 Å². The molecule has 2 rings (SSSR count). The minimum Gasteiger partial charge on any atom is -0.382 e. The fraction of sp³-hybridized carbons (Fsp3) is 0. The lowest BCUT2D eigenvalue weighted by Crippen LogP contribution is -2.15. The van der Waals surface area contributed by atoms with Crippen LogP contribution in [-0.4, -0.2) is 18.4 Å². The van der Waals surface area contributed by atoms with Crippen molar-refractivity contribution in [2.75, 3.05) is 10.5 Å². The number of nitrogens with one attached hydrogen (secondary N) is 1. The van der Waals surface area contributed by atoms with Crippen LogP contribution in [-0.2, 0) is 10.0 Å². The van der Waals surface area contributed by atoms with E-state index in [9.17, 15) is 8.42 Å². The number of sulfonamides is 1. The van der Waals surface area contributed by atoms with Crippen molar-refractivity contribution in [1.29, 1.82) is 0 Å². The first-order chi connectivity index (χ1) is 8.49. The number of aromatic nitrogens is 2. The summed E-state index contributed by atoms with van der Waals surface area (Å²) in [7, 11) is -3.75. The van der Waals surface area contributed by atoms with Crippen molar-refractivity contribution in [3.05, 3.63) is 41.7 Å². The summed E-state index contributed by atoms with van der Waals surface area (Å²) in [4.78, 5) is 7.59. The highest BCUT2D eigenvalue weighted by Crippen LogP contribution is 2.20. The summed E-state index contributed by atoms with van der Waals surface area (Å²) >= 11 is 5.73. The van der Waals surface area contributed by atoms with Crippen molar-refractivity contribution < 1.29 is 8.42 Å². The number of nitrogens with two attached hydrogens (primary N) is 1. The van der Waals surface area contributed by atoms with Gasteiger partial charge in [-0.05, 0) is 12.1 Å². The van der Waals surface area contributed by atoms with E-state index >= 15 is 0 Å². The molecule has 0 atom stereocenters. The Labute approximate surface area is 109 Å². The zero-order valence-corrected chi connectivity index (χ0v) is 10.6. The second-order valence-corrected chi connectivity index (χ2v) is 5.39. The fourth-order valence-corrected chi connectivity index (χ4v) is 2.46. The van der Waals surface area contributed by atoms with Crippen LogP contribution in [0.5, 0.6) is 0 Å². The van der Waals surface area contributed by atoms with Crippen molar-refractivity contribution in [2.45, 2.75) is 4.90 Å². The predicted octanol–water partition coefficient (Wildman–Crippen LogP) is 1.51. The maximum atomic E-state index is 12.0. The van der Waals surface area contributed by atoms with Gasteiger partial charge in [0.1, 0.15) is 5.82 Å². The number of hydrogen-bond acceptors (Lipinski definition) is 5. The van der Waals surface area contributed by atoms with Gasteiger partial charge in [0.2, 0.25) is 0 Å². The molecule has 3 N–H and O–H groups in total. The van der Waals surface area contributed by atoms with Crippen LogP contribution in [0, 0.1) is 0 Å². The minimum absolute atomic E-state index is 0.0660. The van der Waals surface area contributed by atoms with Crippen LogP contribution in [0.3, 0.4) is 0 Å². The molecular weight excluding hydrogens is 276 g/mol. The normalized spacial score (nSPS) is 11.2. The van der Waals surface area contributed by atoms with E-state index in [0.29, 0.717) is 0 Å². The molecule has 0 saturated carbocycles. The molecule has 0 fully saturated rings. The van der Waals surface area contributed by atoms with Crippen LogP contribution >= 0.6 is 11.6 Å². The van der Waals surface area contributed by atoms with E-state index in [2.05, 4.69) is 14.7 Å². The summed E-state index contributed by atoms with van der Waals surface area (Å²) in [5, 5.41) is -0.0660. The monoisotopic (exact) mass is 284 g/mol. The predicted molar refractivity (Wildman–Crippen MR) is 68.7 cm³/mol. The van der Waals surface area contributed by atoms with E-state index in [1.807, 2.05) is 0 Å². The second-order valence-electron chi connectivity index (χ2n) is 3.35. The van der Waals surface area contributed by atoms with Crippen molar-refractivity contribution in [1.82, 2.24) is 9.97 Å². The number of nitrogen functional groups attached to an aromatic ring is 1. The largest absolute Gasteiger partial charge is 0.382 e. The molecule has 94 valence electrons. The first-order valence-corrected chi connectivity index (χ1v) is 6.71. The number of nitrogens with zero attached hydrogens (tertiary/aromatic N) is 2. The van der Waals surface area contributed by atoms with Crippen LogP contribution in [0.2, 0.25) is 5.15 Å². The molecule has 0 amide bonds. The summed E-state index contributed by atoms with van der Waals surface area (Å²) in [5.74, 6) is -0.0225. The molecule has 0 radical (unpaired) electrons. The maximum Gasteiger partial charge on any atom is 0.263 e. The molecule has 8 heteroatoms. The van der Waals surface area contributed by atoms with Gasteiger partial charge in [0.25, 0.3) is 10.0 Å². The molecule has 18 heavy (non-hydrogen) atoms. The number of anilines is 2. The molecule has 0 spiro atoms. The van der Waals surface area contributed by atoms with Gasteiger partial charge in [-0.2, -0.15) is 0 Å². The number of halogens is 1. The van der Waals surface area contributed by atoms with E-state index in [0.717, 1.165) is 0 Å². The third kappa shape index (κ3) is 2.69. The Morgan fingerprint density at radius 1 is 1.22 bits per heavy atom. The fourth-order valence-electron chi connectivity index (χ4n) is 1.24. The molecule has 0 aliphatic heterocycles. The van der Waals surface area contributed by atoms with Gasteiger partial charge in [-0.25, -0.2) is 18.4 Å². The molecule has 6 nitrogen and oxygen atoms in total. The zero-order valence-electron chi connectivity index (χ0n) is 9.04. The van der Waals surface area contributed by atoms with E-state index < -0.39 is 10.0 Å². The number of rotatable bonds is 3. The van der Waals surface area contributed by atoms with E-state index in [1.165, 1.54) is 18.3 Å². The average molecular weight is 285 g/mol. The maximum absolute atomic E-state index is 12.0. The van der Waals surface area contributed by atoms with Gasteiger partial charge in [0.15, 0.2) is 11.0 Å². The Balaban J connectivity index is 2.37. The van der Waals surface area contributed by atoms with Gasteiger partial charge in [0.05, 0.1) is 11.1 Å². The molecule has 1 aromatic carbocycles. The lowest BCUT2D eigenvalue weighted by atomic mass is 10.4. The van der Waals surface area contributed by atoms with Gasteiger partial charge in [-0.15, -0.1) is 0 Å². The Kier molecular flexibility index (Phi) is 3.35. The van der Waals surface area contributed by atoms with Crippen LogP contribution in [0.15, 0.2) is 41.4 Å². The quantitative estimate of drug-likeness (QED) is 0.890. The van der Waals surface area contributed by atoms with Crippen molar-refractivity contribution in [3.63, 3.8) is 0 Å². The first-order valence-electron chi connectivity index (χ1n) is 4.85. The summed E-state index contributed by atoms with van der Waals surface area (Å²) in [6, 6.07) is 7.85. The van der Waals surface area contributed by atoms with Gasteiger partial charge in [-0.1, -0.05) is 29.8 Å². The number of benzene rings is 1. The van der Waals surface area contributed by atoms with Crippen molar-refractivity contribution in [3.8, 4) is 0 Å². The minimum atomic E-state index is -3.75. The Hall–Kier alpha value is -1.86. The third-order valence-electron chi connectivity index (χ3n) is 2.03. The summed E-state index contributed by atoms with van der Waals surface area (Å²) in [6.45, 7) is 0. The zero-order chi connectivity index (χ0) is 13.2. The SMILES string of the molecule is Nc1cnc(Cl)c(NS(=O)(=O)c2ccccc2)n1. The molecule has 0 saturated heterocycles. The summed E-state index contributed by atoms with van der Waals surface area (Å²) < 4.78 is 26.2. The lowest BCUT2D eigenvalue weighted by molar-refractivity contribution is 0.601. The van der Waals surface area contributed by atoms with Crippen molar-refractivity contribution in [2.24, 2.45) is 0 Å². The molecule has 0 aliphatic carbocycles. The first kappa shape index (κ1) is 12.6.